The highest BCUT2D eigenvalue weighted by molar-refractivity contribution is 6.29. The van der Waals surface area contributed by atoms with Gasteiger partial charge in [0.05, 0.1) is 0 Å². The van der Waals surface area contributed by atoms with E-state index < -0.39 is 11.7 Å². The highest BCUT2D eigenvalue weighted by Gasteiger charge is 2.07. The molecular weight excluding hydrogens is 245 g/mol. The van der Waals surface area contributed by atoms with Gasteiger partial charge in [0.15, 0.2) is 11.0 Å². The summed E-state index contributed by atoms with van der Waals surface area (Å²) in [6.07, 6.45) is 0. The van der Waals surface area contributed by atoms with Crippen LogP contribution in [0.3, 0.4) is 0 Å². The predicted molar refractivity (Wildman–Crippen MR) is 61.4 cm³/mol. The van der Waals surface area contributed by atoms with E-state index >= 15 is 0 Å². The summed E-state index contributed by atoms with van der Waals surface area (Å²) in [5.41, 5.74) is 0.210. The average Bonchev–Trinajstić information content (AvgIpc) is 2.32. The van der Waals surface area contributed by atoms with Crippen LogP contribution >= 0.6 is 11.6 Å². The van der Waals surface area contributed by atoms with Gasteiger partial charge in [-0.3, -0.25) is 4.79 Å². The molecule has 0 atom stereocenters. The molecular formula is C11H7ClFN3O. The Morgan fingerprint density at radius 3 is 2.71 bits per heavy atom. The van der Waals surface area contributed by atoms with Gasteiger partial charge in [-0.05, 0) is 30.3 Å². The number of benzene rings is 1. The Morgan fingerprint density at radius 2 is 2.06 bits per heavy atom. The van der Waals surface area contributed by atoms with Crippen LogP contribution in [0.25, 0.3) is 0 Å². The number of aromatic nitrogens is 2. The van der Waals surface area contributed by atoms with E-state index in [1.165, 1.54) is 30.3 Å². The minimum Gasteiger partial charge on any atom is -0.305 e. The lowest BCUT2D eigenvalue weighted by Crippen LogP contribution is -2.13. The number of rotatable bonds is 2. The van der Waals surface area contributed by atoms with Gasteiger partial charge >= 0.3 is 0 Å². The fraction of sp³-hybridized carbons (Fsp3) is 0. The van der Waals surface area contributed by atoms with Crippen LogP contribution in [0.4, 0.5) is 10.2 Å². The maximum absolute atomic E-state index is 12.9. The van der Waals surface area contributed by atoms with Crippen molar-refractivity contribution in [3.63, 3.8) is 0 Å². The smallest absolute Gasteiger partial charge is 0.256 e. The number of amides is 1. The Bertz CT molecular complexity index is 545. The van der Waals surface area contributed by atoms with Gasteiger partial charge in [0, 0.05) is 5.56 Å². The molecule has 1 aromatic heterocycles. The molecule has 1 N–H and O–H groups in total. The van der Waals surface area contributed by atoms with E-state index in [2.05, 4.69) is 15.5 Å². The first kappa shape index (κ1) is 11.5. The zero-order chi connectivity index (χ0) is 12.3. The van der Waals surface area contributed by atoms with Crippen molar-refractivity contribution >= 4 is 23.3 Å². The quantitative estimate of drug-likeness (QED) is 0.892. The van der Waals surface area contributed by atoms with Crippen LogP contribution in [0, 0.1) is 5.82 Å². The fourth-order valence-corrected chi connectivity index (χ4v) is 1.30. The Balaban J connectivity index is 2.14. The Morgan fingerprint density at radius 1 is 1.24 bits per heavy atom. The maximum atomic E-state index is 12.9. The van der Waals surface area contributed by atoms with Gasteiger partial charge < -0.3 is 5.32 Å². The zero-order valence-electron chi connectivity index (χ0n) is 8.52. The molecule has 86 valence electrons. The number of halogens is 2. The summed E-state index contributed by atoms with van der Waals surface area (Å²) < 4.78 is 12.9. The number of hydrogen-bond donors (Lipinski definition) is 1. The van der Waals surface area contributed by atoms with Gasteiger partial charge in [-0.2, -0.15) is 0 Å². The first-order valence-corrected chi connectivity index (χ1v) is 5.09. The van der Waals surface area contributed by atoms with Crippen molar-refractivity contribution in [2.75, 3.05) is 5.32 Å². The Kier molecular flexibility index (Phi) is 3.30. The van der Waals surface area contributed by atoms with E-state index in [4.69, 9.17) is 11.6 Å². The lowest BCUT2D eigenvalue weighted by molar-refractivity contribution is 0.102. The molecule has 17 heavy (non-hydrogen) atoms. The molecule has 1 heterocycles. The summed E-state index contributed by atoms with van der Waals surface area (Å²) in [6, 6.07) is 8.36. The summed E-state index contributed by atoms with van der Waals surface area (Å²) in [5, 5.41) is 9.93. The van der Waals surface area contributed by atoms with Crippen molar-refractivity contribution in [1.82, 2.24) is 10.2 Å². The van der Waals surface area contributed by atoms with Crippen molar-refractivity contribution in [2.45, 2.75) is 0 Å². The van der Waals surface area contributed by atoms with Gasteiger partial charge in [-0.25, -0.2) is 4.39 Å². The van der Waals surface area contributed by atoms with Crippen LogP contribution in [0.5, 0.6) is 0 Å². The standard InChI is InChI=1S/C11H7ClFN3O/c12-9-4-5-10(16-15-9)14-11(17)7-2-1-3-8(13)6-7/h1-6H,(H,14,16,17). The van der Waals surface area contributed by atoms with Gasteiger partial charge in [-0.1, -0.05) is 17.7 Å². The second kappa shape index (κ2) is 4.88. The molecule has 1 amide bonds. The molecule has 0 aliphatic carbocycles. The molecule has 4 nitrogen and oxygen atoms in total. The van der Waals surface area contributed by atoms with Gasteiger partial charge in [0.1, 0.15) is 5.82 Å². The largest absolute Gasteiger partial charge is 0.305 e. The predicted octanol–water partition coefficient (Wildman–Crippen LogP) is 2.52. The molecule has 0 aliphatic heterocycles. The van der Waals surface area contributed by atoms with Crippen LogP contribution in [-0.4, -0.2) is 16.1 Å². The zero-order valence-corrected chi connectivity index (χ0v) is 9.28. The monoisotopic (exact) mass is 251 g/mol. The van der Waals surface area contributed by atoms with Gasteiger partial charge in [-0.15, -0.1) is 10.2 Å². The van der Waals surface area contributed by atoms with Crippen LogP contribution in [0.2, 0.25) is 5.15 Å². The van der Waals surface area contributed by atoms with Crippen molar-refractivity contribution in [2.24, 2.45) is 0 Å². The van der Waals surface area contributed by atoms with Gasteiger partial charge in [0.2, 0.25) is 0 Å². The normalized spacial score (nSPS) is 10.0. The maximum Gasteiger partial charge on any atom is 0.256 e. The molecule has 0 saturated carbocycles. The SMILES string of the molecule is O=C(Nc1ccc(Cl)nn1)c1cccc(F)c1. The van der Waals surface area contributed by atoms with Crippen molar-refractivity contribution < 1.29 is 9.18 Å². The van der Waals surface area contributed by atoms with Crippen LogP contribution in [-0.2, 0) is 0 Å². The Labute approximate surface area is 101 Å². The van der Waals surface area contributed by atoms with E-state index in [0.717, 1.165) is 6.07 Å². The van der Waals surface area contributed by atoms with Crippen molar-refractivity contribution in [1.29, 1.82) is 0 Å². The number of nitrogens with zero attached hydrogens (tertiary/aromatic N) is 2. The van der Waals surface area contributed by atoms with E-state index in [9.17, 15) is 9.18 Å². The molecule has 2 rings (SSSR count). The second-order valence-corrected chi connectivity index (χ2v) is 3.59. The molecule has 0 bridgehead atoms. The third-order valence-electron chi connectivity index (χ3n) is 1.96. The molecule has 2 aromatic rings. The minimum atomic E-state index is -0.472. The lowest BCUT2D eigenvalue weighted by atomic mass is 10.2. The van der Waals surface area contributed by atoms with Crippen LogP contribution < -0.4 is 5.32 Å². The lowest BCUT2D eigenvalue weighted by Gasteiger charge is -2.03. The Hall–Kier alpha value is -2.01. The first-order valence-electron chi connectivity index (χ1n) is 4.71. The number of carbonyl (C=O) groups excluding carboxylic acids is 1. The summed E-state index contributed by atoms with van der Waals surface area (Å²) in [4.78, 5) is 11.7. The van der Waals surface area contributed by atoms with Gasteiger partial charge in [0.25, 0.3) is 5.91 Å². The highest BCUT2D eigenvalue weighted by atomic mass is 35.5. The van der Waals surface area contributed by atoms with Crippen LogP contribution in [0.1, 0.15) is 10.4 Å². The second-order valence-electron chi connectivity index (χ2n) is 3.21. The van der Waals surface area contributed by atoms with Crippen molar-refractivity contribution in [3.8, 4) is 0 Å². The van der Waals surface area contributed by atoms with Crippen molar-refractivity contribution in [3.05, 3.63) is 52.9 Å². The molecule has 1 aromatic carbocycles. The highest BCUT2D eigenvalue weighted by Crippen LogP contribution is 2.09. The summed E-state index contributed by atoms with van der Waals surface area (Å²) in [7, 11) is 0. The first-order chi connectivity index (χ1) is 8.15. The molecule has 6 heteroatoms. The molecule has 0 fully saturated rings. The molecule has 0 aliphatic rings. The molecule has 0 saturated heterocycles. The number of anilines is 1. The van der Waals surface area contributed by atoms with E-state index in [-0.39, 0.29) is 16.5 Å². The third-order valence-corrected chi connectivity index (χ3v) is 2.16. The summed E-state index contributed by atoms with van der Waals surface area (Å²) >= 11 is 5.55. The third kappa shape index (κ3) is 2.98. The molecule has 0 radical (unpaired) electrons. The van der Waals surface area contributed by atoms with Crippen LogP contribution in [0.15, 0.2) is 36.4 Å². The van der Waals surface area contributed by atoms with E-state index in [1.807, 2.05) is 0 Å². The molecule has 0 unspecified atom stereocenters. The average molecular weight is 252 g/mol. The molecule has 0 spiro atoms. The number of carbonyl (C=O) groups is 1. The number of hydrogen-bond acceptors (Lipinski definition) is 3. The fourth-order valence-electron chi connectivity index (χ4n) is 1.20. The number of nitrogens with one attached hydrogen (secondary N) is 1. The minimum absolute atomic E-state index is 0.210. The summed E-state index contributed by atoms with van der Waals surface area (Å²) in [6.45, 7) is 0. The summed E-state index contributed by atoms with van der Waals surface area (Å²) in [5.74, 6) is -0.676. The van der Waals surface area contributed by atoms with E-state index in [1.54, 1.807) is 0 Å². The van der Waals surface area contributed by atoms with E-state index in [0.29, 0.717) is 0 Å². The topological polar surface area (TPSA) is 54.9 Å².